The summed E-state index contributed by atoms with van der Waals surface area (Å²) < 4.78 is 0. The van der Waals surface area contributed by atoms with Gasteiger partial charge in [-0.15, -0.1) is 0 Å². The predicted molar refractivity (Wildman–Crippen MR) is 108 cm³/mol. The topological polar surface area (TPSA) is 40.5 Å². The molecule has 4 aromatic rings. The van der Waals surface area contributed by atoms with Gasteiger partial charge in [0.1, 0.15) is 11.5 Å². The molecule has 5 heteroatoms. The number of phenols is 2. The first kappa shape index (κ1) is 18.5. The van der Waals surface area contributed by atoms with E-state index in [0.29, 0.717) is 11.1 Å². The molecule has 25 heavy (non-hydrogen) atoms. The molecule has 0 spiro atoms. The molecular formula is C20H14Br2O2Ti. The maximum atomic E-state index is 10.4. The monoisotopic (exact) mass is 492 g/mol. The molecule has 0 heterocycles. The molecule has 124 valence electrons. The maximum absolute atomic E-state index is 10.4. The van der Waals surface area contributed by atoms with Gasteiger partial charge in [-0.05, 0) is 33.7 Å². The molecule has 0 fully saturated rings. The van der Waals surface area contributed by atoms with Crippen LogP contribution in [0.3, 0.4) is 0 Å². The third kappa shape index (κ3) is 3.77. The van der Waals surface area contributed by atoms with Gasteiger partial charge < -0.3 is 10.2 Å². The van der Waals surface area contributed by atoms with Gasteiger partial charge in [-0.3, -0.25) is 0 Å². The Kier molecular flexibility index (Phi) is 6.18. The van der Waals surface area contributed by atoms with Crippen molar-refractivity contribution in [2.45, 2.75) is 0 Å². The molecule has 0 saturated heterocycles. The molecule has 2 N–H and O–H groups in total. The normalized spacial score (nSPS) is 10.3. The van der Waals surface area contributed by atoms with E-state index in [2.05, 4.69) is 26.3 Å². The summed E-state index contributed by atoms with van der Waals surface area (Å²) in [6, 6.07) is 22.9. The van der Waals surface area contributed by atoms with E-state index >= 15 is 0 Å². The van der Waals surface area contributed by atoms with Crippen molar-refractivity contribution in [1.82, 2.24) is 0 Å². The molecule has 0 saturated carbocycles. The van der Waals surface area contributed by atoms with Gasteiger partial charge >= 0.3 is 41.3 Å². The van der Waals surface area contributed by atoms with E-state index in [1.807, 2.05) is 60.7 Å². The van der Waals surface area contributed by atoms with Crippen molar-refractivity contribution >= 4 is 47.9 Å². The van der Waals surface area contributed by atoms with E-state index in [-0.39, 0.29) is 26.5 Å². The molecule has 0 aliphatic heterocycles. The Morgan fingerprint density at radius 3 is 1.32 bits per heavy atom. The number of phenolic OH excluding ortho intramolecular Hbond substituents is 2. The molecule has 2 nitrogen and oxygen atoms in total. The first-order valence-electron chi connectivity index (χ1n) is 7.55. The van der Waals surface area contributed by atoms with Gasteiger partial charge in [-0.25, -0.2) is 0 Å². The van der Waals surface area contributed by atoms with Crippen molar-refractivity contribution in [2.24, 2.45) is 0 Å². The van der Waals surface area contributed by atoms with E-state index in [4.69, 9.17) is 0 Å². The fraction of sp³-hybridized carbons (Fsp3) is 0. The number of aromatic hydroxyl groups is 2. The Bertz CT molecular complexity index is 951. The second kappa shape index (κ2) is 8.37. The van der Waals surface area contributed by atoms with Gasteiger partial charge in [0.15, 0.2) is 0 Å². The van der Waals surface area contributed by atoms with Gasteiger partial charge in [0, 0.05) is 11.1 Å². The molecule has 0 aliphatic carbocycles. The van der Waals surface area contributed by atoms with Gasteiger partial charge in [-0.2, -0.15) is 0 Å². The number of hydrogen-bond donors (Lipinski definition) is 2. The van der Waals surface area contributed by atoms with E-state index in [1.54, 1.807) is 12.1 Å². The van der Waals surface area contributed by atoms with Crippen LogP contribution in [0.15, 0.2) is 72.8 Å². The summed E-state index contributed by atoms with van der Waals surface area (Å²) in [5, 5.41) is 24.8. The summed E-state index contributed by atoms with van der Waals surface area (Å²) in [4.78, 5) is 0. The zero-order valence-corrected chi connectivity index (χ0v) is 17.8. The average molecular weight is 494 g/mol. The van der Waals surface area contributed by atoms with Crippen LogP contribution in [0, 0.1) is 0 Å². The summed E-state index contributed by atoms with van der Waals surface area (Å²) >= 11 is 6.50. The van der Waals surface area contributed by atoms with Crippen molar-refractivity contribution in [2.75, 3.05) is 0 Å². The number of fused-ring (bicyclic) bond motifs is 2. The molecule has 0 aliphatic rings. The van der Waals surface area contributed by atoms with Crippen LogP contribution in [0.1, 0.15) is 0 Å². The SMILES string of the molecule is Oc1ccc2ccccc2c1-c1c(O)ccc2ccccc12.[Br][Ti][Br]. The van der Waals surface area contributed by atoms with Crippen LogP contribution in [0.5, 0.6) is 11.5 Å². The van der Waals surface area contributed by atoms with Gasteiger partial charge in [-0.1, -0.05) is 60.7 Å². The zero-order chi connectivity index (χ0) is 17.8. The number of halogens is 2. The Balaban J connectivity index is 0.000000569. The minimum absolute atomic E-state index is 0.125. The summed E-state index contributed by atoms with van der Waals surface area (Å²) in [5.74, 6) is 0.343. The second-order valence-electron chi connectivity index (χ2n) is 5.43. The van der Waals surface area contributed by atoms with Crippen LogP contribution in [-0.2, 0) is 15.0 Å². The summed E-state index contributed by atoms with van der Waals surface area (Å²) in [6.45, 7) is 0. The summed E-state index contributed by atoms with van der Waals surface area (Å²) in [5.41, 5.74) is 1.35. The van der Waals surface area contributed by atoms with Gasteiger partial charge in [0.05, 0.1) is 0 Å². The molecule has 4 aromatic carbocycles. The summed E-state index contributed by atoms with van der Waals surface area (Å²) in [6.07, 6.45) is 0. The standard InChI is InChI=1S/C20H14O2.2BrH.Ti/c21-17-11-9-13-5-1-3-7-15(13)19(17)20-16-8-4-2-6-14(16)10-12-18(20)22;;;/h1-12,21-22H;2*1H;/q;;;+2/p-2. The number of hydrogen-bond acceptors (Lipinski definition) is 2. The fourth-order valence-corrected chi connectivity index (χ4v) is 3.05. The van der Waals surface area contributed by atoms with Crippen molar-refractivity contribution in [1.29, 1.82) is 0 Å². The quantitative estimate of drug-likeness (QED) is 0.288. The Labute approximate surface area is 167 Å². The van der Waals surface area contributed by atoms with Crippen molar-refractivity contribution in [3.05, 3.63) is 72.8 Å². The summed E-state index contributed by atoms with van der Waals surface area (Å²) in [7, 11) is 0. The van der Waals surface area contributed by atoms with E-state index in [1.165, 1.54) is 0 Å². The second-order valence-corrected chi connectivity index (χ2v) is 13.3. The Hall–Kier alpha value is -1.33. The minimum atomic E-state index is 0.125. The van der Waals surface area contributed by atoms with E-state index < -0.39 is 0 Å². The molecule has 0 atom stereocenters. The average Bonchev–Trinajstić information content (AvgIpc) is 2.63. The first-order chi connectivity index (χ1) is 12.2. The van der Waals surface area contributed by atoms with Gasteiger partial charge in [0.25, 0.3) is 0 Å². The molecule has 0 aromatic heterocycles. The Morgan fingerprint density at radius 1 is 0.560 bits per heavy atom. The fourth-order valence-electron chi connectivity index (χ4n) is 3.05. The van der Waals surface area contributed by atoms with Gasteiger partial charge in [0.2, 0.25) is 0 Å². The van der Waals surface area contributed by atoms with Crippen molar-refractivity contribution < 1.29 is 25.2 Å². The van der Waals surface area contributed by atoms with Crippen molar-refractivity contribution in [3.8, 4) is 22.6 Å². The molecule has 0 radical (unpaired) electrons. The molecule has 4 rings (SSSR count). The molecule has 0 bridgehead atoms. The van der Waals surface area contributed by atoms with Crippen LogP contribution in [-0.4, -0.2) is 10.2 Å². The molecular weight excluding hydrogens is 480 g/mol. The first-order valence-corrected chi connectivity index (χ1v) is 15.3. The number of rotatable bonds is 1. The Morgan fingerprint density at radius 2 is 0.920 bits per heavy atom. The van der Waals surface area contributed by atoms with Crippen LogP contribution in [0.2, 0.25) is 0 Å². The van der Waals surface area contributed by atoms with E-state index in [9.17, 15) is 10.2 Å². The van der Waals surface area contributed by atoms with Crippen LogP contribution in [0.25, 0.3) is 32.7 Å². The van der Waals surface area contributed by atoms with Crippen LogP contribution < -0.4 is 0 Å². The van der Waals surface area contributed by atoms with Crippen LogP contribution in [0.4, 0.5) is 0 Å². The molecule has 0 unspecified atom stereocenters. The number of benzene rings is 4. The third-order valence-electron chi connectivity index (χ3n) is 4.06. The van der Waals surface area contributed by atoms with Crippen molar-refractivity contribution in [3.63, 3.8) is 0 Å². The van der Waals surface area contributed by atoms with Crippen LogP contribution >= 0.6 is 26.3 Å². The molecule has 0 amide bonds. The zero-order valence-electron chi connectivity index (χ0n) is 13.1. The van der Waals surface area contributed by atoms with E-state index in [0.717, 1.165) is 21.5 Å². The third-order valence-corrected chi connectivity index (χ3v) is 4.06. The predicted octanol–water partition coefficient (Wildman–Crippen LogP) is 6.76.